The molecule has 0 atom stereocenters. The van der Waals surface area contributed by atoms with Gasteiger partial charge >= 0.3 is 0 Å². The molecule has 172 valence electrons. The number of halogens is 2. The summed E-state index contributed by atoms with van der Waals surface area (Å²) in [6, 6.07) is 28.3. The molecule has 34 heavy (non-hydrogen) atoms. The smallest absolute Gasteiger partial charge is 0.192 e. The van der Waals surface area contributed by atoms with E-state index in [0.717, 1.165) is 38.0 Å². The SMILES string of the molecule is Cc1ccc(C)c(P=O)c1.Oc1c(Cl)ccc2ccccc12.Oc1c(Cl)ccc2ccccc12. The summed E-state index contributed by atoms with van der Waals surface area (Å²) < 4.78 is 10.5. The highest BCUT2D eigenvalue weighted by Crippen LogP contribution is 2.32. The Morgan fingerprint density at radius 2 is 1.12 bits per heavy atom. The summed E-state index contributed by atoms with van der Waals surface area (Å²) in [6.07, 6.45) is 0. The van der Waals surface area contributed by atoms with Crippen molar-refractivity contribution in [2.45, 2.75) is 13.8 Å². The topological polar surface area (TPSA) is 57.5 Å². The molecule has 5 rings (SSSR count). The van der Waals surface area contributed by atoms with Gasteiger partial charge in [-0.25, -0.2) is 0 Å². The Labute approximate surface area is 210 Å². The molecule has 0 aromatic heterocycles. The standard InChI is InChI=1S/2C10H7ClO.C8H9OP/c2*11-9-6-5-7-3-1-2-4-8(7)10(9)12;1-6-3-4-7(2)8(5-6)10-9/h2*1-6,12H;3-5H,1-2H3. The van der Waals surface area contributed by atoms with Crippen molar-refractivity contribution in [1.82, 2.24) is 0 Å². The van der Waals surface area contributed by atoms with Gasteiger partial charge in [-0.2, -0.15) is 0 Å². The van der Waals surface area contributed by atoms with Crippen LogP contribution < -0.4 is 5.30 Å². The van der Waals surface area contributed by atoms with Gasteiger partial charge in [-0.05, 0) is 48.4 Å². The number of aromatic hydroxyl groups is 2. The highest BCUT2D eigenvalue weighted by molar-refractivity contribution is 7.34. The molecule has 0 spiro atoms. The quantitative estimate of drug-likeness (QED) is 0.223. The molecule has 3 nitrogen and oxygen atoms in total. The summed E-state index contributed by atoms with van der Waals surface area (Å²) in [5.41, 5.74) is 2.24. The molecule has 0 aliphatic rings. The van der Waals surface area contributed by atoms with E-state index in [9.17, 15) is 14.8 Å². The molecule has 0 heterocycles. The first kappa shape index (κ1) is 25.5. The van der Waals surface area contributed by atoms with Crippen LogP contribution in [0.5, 0.6) is 11.5 Å². The molecule has 0 amide bonds. The van der Waals surface area contributed by atoms with Crippen molar-refractivity contribution in [2.75, 3.05) is 0 Å². The van der Waals surface area contributed by atoms with Crippen molar-refractivity contribution in [1.29, 1.82) is 0 Å². The fourth-order valence-corrected chi connectivity index (χ4v) is 4.08. The maximum Gasteiger partial charge on any atom is 0.192 e. The van der Waals surface area contributed by atoms with Crippen LogP contribution in [-0.4, -0.2) is 10.2 Å². The lowest BCUT2D eigenvalue weighted by Gasteiger charge is -2.01. The Morgan fingerprint density at radius 1 is 0.647 bits per heavy atom. The predicted octanol–water partition coefficient (Wildman–Crippen LogP) is 8.62. The minimum Gasteiger partial charge on any atom is -0.506 e. The summed E-state index contributed by atoms with van der Waals surface area (Å²) >= 11 is 11.5. The van der Waals surface area contributed by atoms with E-state index in [1.54, 1.807) is 12.1 Å². The number of rotatable bonds is 1. The van der Waals surface area contributed by atoms with Crippen LogP contribution in [0.1, 0.15) is 11.1 Å². The van der Waals surface area contributed by atoms with Crippen molar-refractivity contribution in [3.63, 3.8) is 0 Å². The molecule has 0 saturated carbocycles. The van der Waals surface area contributed by atoms with E-state index in [2.05, 4.69) is 0 Å². The molecule has 5 aromatic carbocycles. The Balaban J connectivity index is 0.000000144. The number of aryl methyl sites for hydroxylation is 2. The lowest BCUT2D eigenvalue weighted by Crippen LogP contribution is -1.96. The monoisotopic (exact) mass is 508 g/mol. The van der Waals surface area contributed by atoms with Crippen molar-refractivity contribution in [2.24, 2.45) is 0 Å². The van der Waals surface area contributed by atoms with Gasteiger partial charge in [0, 0.05) is 16.1 Å². The number of fused-ring (bicyclic) bond motifs is 2. The molecule has 0 saturated heterocycles. The van der Waals surface area contributed by atoms with Crippen molar-refractivity contribution < 1.29 is 14.8 Å². The van der Waals surface area contributed by atoms with E-state index >= 15 is 0 Å². The van der Waals surface area contributed by atoms with Gasteiger partial charge in [0.2, 0.25) is 0 Å². The zero-order valence-electron chi connectivity index (χ0n) is 18.7. The maximum absolute atomic E-state index is 10.5. The highest BCUT2D eigenvalue weighted by Gasteiger charge is 2.03. The Kier molecular flexibility index (Phi) is 8.90. The second-order valence-electron chi connectivity index (χ2n) is 7.62. The zero-order chi connectivity index (χ0) is 24.7. The maximum atomic E-state index is 10.5. The van der Waals surface area contributed by atoms with Gasteiger partial charge in [-0.1, -0.05) is 102 Å². The average molecular weight is 509 g/mol. The third kappa shape index (κ3) is 6.27. The van der Waals surface area contributed by atoms with Crippen LogP contribution in [0.25, 0.3) is 21.5 Å². The second-order valence-corrected chi connectivity index (χ2v) is 9.09. The Bertz CT molecular complexity index is 1370. The second kappa shape index (κ2) is 11.9. The van der Waals surface area contributed by atoms with Crippen LogP contribution in [0.4, 0.5) is 0 Å². The summed E-state index contributed by atoms with van der Waals surface area (Å²) in [6.45, 7) is 3.95. The van der Waals surface area contributed by atoms with Gasteiger partial charge in [-0.15, -0.1) is 0 Å². The van der Waals surface area contributed by atoms with Crippen LogP contribution in [0.15, 0.2) is 91.0 Å². The van der Waals surface area contributed by atoms with E-state index in [-0.39, 0.29) is 20.0 Å². The van der Waals surface area contributed by atoms with Crippen molar-refractivity contribution in [3.8, 4) is 11.5 Å². The molecule has 5 aromatic rings. The van der Waals surface area contributed by atoms with Gasteiger partial charge in [0.25, 0.3) is 0 Å². The molecule has 2 N–H and O–H groups in total. The molecule has 0 bridgehead atoms. The number of benzene rings is 5. The number of hydrogen-bond donors (Lipinski definition) is 2. The fourth-order valence-electron chi connectivity index (χ4n) is 3.27. The molecule has 0 fully saturated rings. The van der Waals surface area contributed by atoms with Crippen LogP contribution in [-0.2, 0) is 4.57 Å². The Morgan fingerprint density at radius 3 is 1.56 bits per heavy atom. The first-order chi connectivity index (χ1) is 16.3. The molecule has 0 aliphatic heterocycles. The third-order valence-electron chi connectivity index (χ3n) is 5.17. The summed E-state index contributed by atoms with van der Waals surface area (Å²) in [5, 5.41) is 24.3. The van der Waals surface area contributed by atoms with Crippen molar-refractivity contribution >= 4 is 58.5 Å². The molecule has 0 unspecified atom stereocenters. The number of phenols is 2. The molecular weight excluding hydrogens is 486 g/mol. The van der Waals surface area contributed by atoms with E-state index < -0.39 is 0 Å². The number of hydrogen-bond acceptors (Lipinski definition) is 3. The van der Waals surface area contributed by atoms with Gasteiger partial charge in [0.15, 0.2) is 8.46 Å². The minimum absolute atomic E-state index is 0.117. The zero-order valence-corrected chi connectivity index (χ0v) is 21.1. The normalized spacial score (nSPS) is 10.4. The lowest BCUT2D eigenvalue weighted by atomic mass is 10.1. The highest BCUT2D eigenvalue weighted by atomic mass is 35.5. The van der Waals surface area contributed by atoms with Gasteiger partial charge in [-0.3, -0.25) is 4.57 Å². The predicted molar refractivity (Wildman–Crippen MR) is 144 cm³/mol. The molecule has 0 aliphatic carbocycles. The van der Waals surface area contributed by atoms with Gasteiger partial charge in [0.05, 0.1) is 10.0 Å². The first-order valence-corrected chi connectivity index (χ1v) is 12.0. The molecule has 6 heteroatoms. The van der Waals surface area contributed by atoms with Crippen molar-refractivity contribution in [3.05, 3.63) is 112 Å². The van der Waals surface area contributed by atoms with E-state index in [4.69, 9.17) is 23.2 Å². The summed E-state index contributed by atoms with van der Waals surface area (Å²) in [7, 11) is 0.117. The lowest BCUT2D eigenvalue weighted by molar-refractivity contribution is 0.481. The van der Waals surface area contributed by atoms with E-state index in [1.165, 1.54) is 0 Å². The molecule has 0 radical (unpaired) electrons. The third-order valence-corrected chi connectivity index (χ3v) is 6.45. The van der Waals surface area contributed by atoms with Gasteiger partial charge in [0.1, 0.15) is 11.5 Å². The number of phenolic OH excluding ortho intramolecular Hbond substituents is 2. The van der Waals surface area contributed by atoms with E-state index in [0.29, 0.717) is 10.0 Å². The summed E-state index contributed by atoms with van der Waals surface area (Å²) in [4.78, 5) is 0. The molecular formula is C28H23Cl2O3P. The van der Waals surface area contributed by atoms with Crippen LogP contribution in [0, 0.1) is 13.8 Å². The van der Waals surface area contributed by atoms with Gasteiger partial charge < -0.3 is 10.2 Å². The average Bonchev–Trinajstić information content (AvgIpc) is 2.86. The fraction of sp³-hybridized carbons (Fsp3) is 0.0714. The minimum atomic E-state index is 0.117. The summed E-state index contributed by atoms with van der Waals surface area (Å²) in [5.74, 6) is 0.324. The largest absolute Gasteiger partial charge is 0.506 e. The van der Waals surface area contributed by atoms with Crippen LogP contribution in [0.2, 0.25) is 10.0 Å². The van der Waals surface area contributed by atoms with Crippen LogP contribution >= 0.6 is 31.7 Å². The Hall–Kier alpha value is -3.10. The van der Waals surface area contributed by atoms with E-state index in [1.807, 2.05) is 92.7 Å². The first-order valence-electron chi connectivity index (χ1n) is 10.4. The van der Waals surface area contributed by atoms with Crippen LogP contribution in [0.3, 0.4) is 0 Å².